The fourth-order valence-electron chi connectivity index (χ4n) is 3.03. The molecule has 1 aliphatic heterocycles. The summed E-state index contributed by atoms with van der Waals surface area (Å²) in [7, 11) is 0. The van der Waals surface area contributed by atoms with Crippen LogP contribution in [0.15, 0.2) is 39.7 Å². The molecule has 3 heterocycles. The number of anilines is 1. The van der Waals surface area contributed by atoms with Crippen molar-refractivity contribution in [1.82, 2.24) is 25.1 Å². The number of halogens is 2. The number of H-pyrrole nitrogens is 1. The fourth-order valence-corrected chi connectivity index (χ4v) is 3.90. The topological polar surface area (TPSA) is 60.9 Å². The minimum absolute atomic E-state index is 0.766. The summed E-state index contributed by atoms with van der Waals surface area (Å²) in [5.74, 6) is 0.946. The van der Waals surface area contributed by atoms with Crippen LogP contribution in [0.4, 0.5) is 5.82 Å². The van der Waals surface area contributed by atoms with Gasteiger partial charge in [0.2, 0.25) is 0 Å². The minimum atomic E-state index is 0.766. The lowest BCUT2D eigenvalue weighted by molar-refractivity contribution is 0.249. The molecule has 0 atom stereocenters. The van der Waals surface area contributed by atoms with Crippen LogP contribution in [0.5, 0.6) is 0 Å². The quantitative estimate of drug-likeness (QED) is 0.662. The normalized spacial score (nSPS) is 16.0. The predicted octanol–water partition coefficient (Wildman–Crippen LogP) is 3.20. The second-order valence-electron chi connectivity index (χ2n) is 5.79. The van der Waals surface area contributed by atoms with Crippen molar-refractivity contribution in [2.45, 2.75) is 6.54 Å². The molecule has 1 aromatic carbocycles. The van der Waals surface area contributed by atoms with Crippen molar-refractivity contribution in [2.24, 2.45) is 0 Å². The Balaban J connectivity index is 1.48. The number of aromatic amines is 1. The zero-order chi connectivity index (χ0) is 16.5. The second-order valence-corrected chi connectivity index (χ2v) is 7.40. The Morgan fingerprint density at radius 2 is 1.83 bits per heavy atom. The molecule has 1 N–H and O–H groups in total. The zero-order valence-corrected chi connectivity index (χ0v) is 16.1. The third-order valence-corrected chi connectivity index (χ3v) is 5.66. The first-order valence-corrected chi connectivity index (χ1v) is 9.36. The molecule has 8 heteroatoms. The Morgan fingerprint density at radius 1 is 1.04 bits per heavy atom. The van der Waals surface area contributed by atoms with E-state index < -0.39 is 0 Å². The number of aromatic nitrogens is 4. The van der Waals surface area contributed by atoms with Crippen LogP contribution in [0.25, 0.3) is 11.0 Å². The van der Waals surface area contributed by atoms with Gasteiger partial charge in [-0.25, -0.2) is 9.97 Å². The number of piperazine rings is 1. The molecule has 1 fully saturated rings. The average Bonchev–Trinajstić information content (AvgIpc) is 2.99. The molecule has 0 bridgehead atoms. The molecule has 24 heavy (non-hydrogen) atoms. The Morgan fingerprint density at radius 3 is 2.62 bits per heavy atom. The van der Waals surface area contributed by atoms with E-state index in [2.05, 4.69) is 86.1 Å². The van der Waals surface area contributed by atoms with Crippen molar-refractivity contribution in [3.8, 4) is 0 Å². The molecule has 1 saturated heterocycles. The Kier molecular flexibility index (Phi) is 4.51. The first-order valence-electron chi connectivity index (χ1n) is 7.77. The van der Waals surface area contributed by atoms with Crippen LogP contribution in [-0.2, 0) is 6.54 Å². The van der Waals surface area contributed by atoms with E-state index >= 15 is 0 Å². The van der Waals surface area contributed by atoms with Gasteiger partial charge in [0.1, 0.15) is 16.7 Å². The molecule has 0 radical (unpaired) electrons. The van der Waals surface area contributed by atoms with E-state index in [1.165, 1.54) is 10.0 Å². The molecule has 3 aromatic rings. The summed E-state index contributed by atoms with van der Waals surface area (Å²) in [4.78, 5) is 13.5. The van der Waals surface area contributed by atoms with Gasteiger partial charge in [-0.1, -0.05) is 34.1 Å². The lowest BCUT2D eigenvalue weighted by Gasteiger charge is -2.35. The molecule has 6 nitrogen and oxygen atoms in total. The fraction of sp³-hybridized carbons (Fsp3) is 0.312. The Labute approximate surface area is 156 Å². The lowest BCUT2D eigenvalue weighted by atomic mass is 10.2. The van der Waals surface area contributed by atoms with Crippen molar-refractivity contribution in [3.63, 3.8) is 0 Å². The maximum atomic E-state index is 4.49. The molecule has 124 valence electrons. The number of benzene rings is 1. The molecule has 2 aromatic heterocycles. The van der Waals surface area contributed by atoms with Gasteiger partial charge >= 0.3 is 0 Å². The number of hydrogen-bond acceptors (Lipinski definition) is 5. The van der Waals surface area contributed by atoms with E-state index in [0.717, 1.165) is 54.2 Å². The number of fused-ring (bicyclic) bond motifs is 1. The van der Waals surface area contributed by atoms with Gasteiger partial charge < -0.3 is 4.90 Å². The van der Waals surface area contributed by atoms with Gasteiger partial charge in [-0.05, 0) is 27.6 Å². The van der Waals surface area contributed by atoms with Gasteiger partial charge in [-0.15, -0.1) is 0 Å². The number of hydrogen-bond donors (Lipinski definition) is 1. The average molecular weight is 452 g/mol. The summed E-state index contributed by atoms with van der Waals surface area (Å²) >= 11 is 7.12. The maximum Gasteiger partial charge on any atom is 0.161 e. The smallest absolute Gasteiger partial charge is 0.161 e. The van der Waals surface area contributed by atoms with Crippen LogP contribution < -0.4 is 4.90 Å². The minimum Gasteiger partial charge on any atom is -0.353 e. The van der Waals surface area contributed by atoms with Crippen LogP contribution in [0.3, 0.4) is 0 Å². The van der Waals surface area contributed by atoms with Crippen LogP contribution >= 0.6 is 31.9 Å². The molecule has 0 saturated carbocycles. The molecule has 1 aliphatic rings. The largest absolute Gasteiger partial charge is 0.353 e. The van der Waals surface area contributed by atoms with Crippen molar-refractivity contribution in [1.29, 1.82) is 0 Å². The van der Waals surface area contributed by atoms with Gasteiger partial charge in [0.15, 0.2) is 5.65 Å². The highest BCUT2D eigenvalue weighted by atomic mass is 79.9. The summed E-state index contributed by atoms with van der Waals surface area (Å²) in [5, 5.41) is 8.06. The maximum absolute atomic E-state index is 4.49. The van der Waals surface area contributed by atoms with Crippen molar-refractivity contribution < 1.29 is 0 Å². The first-order chi connectivity index (χ1) is 11.7. The van der Waals surface area contributed by atoms with E-state index in [1.807, 2.05) is 0 Å². The highest BCUT2D eigenvalue weighted by molar-refractivity contribution is 9.10. The van der Waals surface area contributed by atoms with Gasteiger partial charge in [-0.2, -0.15) is 5.10 Å². The van der Waals surface area contributed by atoms with Crippen LogP contribution in [0.2, 0.25) is 0 Å². The molecule has 0 unspecified atom stereocenters. The van der Waals surface area contributed by atoms with Crippen molar-refractivity contribution in [3.05, 3.63) is 45.2 Å². The standard InChI is InChI=1S/C16H16Br2N6/c17-12-4-2-1-3-11(12)9-23-5-7-24(8-6-23)16-13-14(18)21-22-15(13)19-10-20-16/h1-4,10H,5-9H2,(H,19,20,21,22). The molecule has 0 amide bonds. The highest BCUT2D eigenvalue weighted by Crippen LogP contribution is 2.29. The molecular formula is C16H16Br2N6. The molecule has 4 rings (SSSR count). The van der Waals surface area contributed by atoms with Crippen molar-refractivity contribution >= 4 is 48.7 Å². The Hall–Kier alpha value is -1.51. The Bertz CT molecular complexity index is 857. The number of nitrogens with one attached hydrogen (secondary N) is 1. The van der Waals surface area contributed by atoms with Crippen LogP contribution in [-0.4, -0.2) is 51.2 Å². The lowest BCUT2D eigenvalue weighted by Crippen LogP contribution is -2.46. The van der Waals surface area contributed by atoms with Gasteiger partial charge in [-0.3, -0.25) is 10.00 Å². The zero-order valence-electron chi connectivity index (χ0n) is 12.9. The SMILES string of the molecule is Brc1ccccc1CN1CCN(c2ncnc3[nH]nc(Br)c23)CC1. The highest BCUT2D eigenvalue weighted by Gasteiger charge is 2.22. The van der Waals surface area contributed by atoms with Gasteiger partial charge in [0.05, 0.1) is 5.39 Å². The third-order valence-electron chi connectivity index (χ3n) is 4.32. The molecule has 0 spiro atoms. The van der Waals surface area contributed by atoms with E-state index in [0.29, 0.717) is 0 Å². The van der Waals surface area contributed by atoms with Gasteiger partial charge in [0.25, 0.3) is 0 Å². The number of nitrogens with zero attached hydrogens (tertiary/aromatic N) is 5. The molecule has 0 aliphatic carbocycles. The van der Waals surface area contributed by atoms with Crippen LogP contribution in [0, 0.1) is 0 Å². The predicted molar refractivity (Wildman–Crippen MR) is 101 cm³/mol. The summed E-state index contributed by atoms with van der Waals surface area (Å²) in [6.07, 6.45) is 1.59. The summed E-state index contributed by atoms with van der Waals surface area (Å²) in [6.45, 7) is 4.84. The van der Waals surface area contributed by atoms with E-state index in [1.54, 1.807) is 6.33 Å². The van der Waals surface area contributed by atoms with E-state index in [-0.39, 0.29) is 0 Å². The number of rotatable bonds is 3. The molecular weight excluding hydrogens is 436 g/mol. The first kappa shape index (κ1) is 16.0. The van der Waals surface area contributed by atoms with E-state index in [9.17, 15) is 0 Å². The third kappa shape index (κ3) is 3.05. The monoisotopic (exact) mass is 450 g/mol. The van der Waals surface area contributed by atoms with E-state index in [4.69, 9.17) is 0 Å². The summed E-state index contributed by atoms with van der Waals surface area (Å²) < 4.78 is 1.94. The summed E-state index contributed by atoms with van der Waals surface area (Å²) in [5.41, 5.74) is 2.09. The van der Waals surface area contributed by atoms with Crippen LogP contribution in [0.1, 0.15) is 5.56 Å². The van der Waals surface area contributed by atoms with Gasteiger partial charge in [0, 0.05) is 37.2 Å². The second kappa shape index (κ2) is 6.78. The summed E-state index contributed by atoms with van der Waals surface area (Å²) in [6, 6.07) is 8.41. The van der Waals surface area contributed by atoms with Crippen molar-refractivity contribution in [2.75, 3.05) is 31.1 Å².